The Labute approximate surface area is 93.1 Å². The number of pyridine rings is 1. The zero-order valence-electron chi connectivity index (χ0n) is 8.93. The van der Waals surface area contributed by atoms with Gasteiger partial charge in [0, 0.05) is 18.0 Å². The van der Waals surface area contributed by atoms with E-state index in [2.05, 4.69) is 4.98 Å². The number of rotatable bonds is 3. The Bertz CT molecular complexity index is 517. The summed E-state index contributed by atoms with van der Waals surface area (Å²) >= 11 is 0. The van der Waals surface area contributed by atoms with Gasteiger partial charge in [0.1, 0.15) is 5.76 Å². The number of furan rings is 1. The molecule has 2 rings (SSSR count). The first-order valence-corrected chi connectivity index (χ1v) is 4.96. The van der Waals surface area contributed by atoms with Crippen LogP contribution in [0.25, 0.3) is 0 Å². The second-order valence-corrected chi connectivity index (χ2v) is 3.49. The van der Waals surface area contributed by atoms with E-state index in [-0.39, 0.29) is 5.78 Å². The third-order valence-electron chi connectivity index (χ3n) is 2.37. The topological polar surface area (TPSA) is 69.1 Å². The van der Waals surface area contributed by atoms with Crippen LogP contribution in [-0.4, -0.2) is 10.8 Å². The van der Waals surface area contributed by atoms with Crippen LogP contribution in [0.2, 0.25) is 0 Å². The number of nitrogens with zero attached hydrogens (tertiary/aromatic N) is 1. The molecule has 0 bridgehead atoms. The summed E-state index contributed by atoms with van der Waals surface area (Å²) in [5.41, 5.74) is 6.85. The van der Waals surface area contributed by atoms with E-state index in [0.717, 1.165) is 5.56 Å². The van der Waals surface area contributed by atoms with Crippen LogP contribution >= 0.6 is 0 Å². The summed E-state index contributed by atoms with van der Waals surface area (Å²) in [5.74, 6) is 0.742. The minimum Gasteiger partial charge on any atom is -0.456 e. The maximum atomic E-state index is 12.0. The highest BCUT2D eigenvalue weighted by Gasteiger charge is 2.15. The first kappa shape index (κ1) is 10.6. The lowest BCUT2D eigenvalue weighted by Gasteiger charge is -2.00. The summed E-state index contributed by atoms with van der Waals surface area (Å²) in [4.78, 5) is 16.0. The Morgan fingerprint density at radius 2 is 2.25 bits per heavy atom. The molecular weight excluding hydrogens is 204 g/mol. The summed E-state index contributed by atoms with van der Waals surface area (Å²) in [7, 11) is 0. The van der Waals surface area contributed by atoms with Crippen molar-refractivity contribution in [1.82, 2.24) is 4.98 Å². The van der Waals surface area contributed by atoms with E-state index in [1.54, 1.807) is 30.6 Å². The fourth-order valence-corrected chi connectivity index (χ4v) is 1.44. The van der Waals surface area contributed by atoms with Crippen molar-refractivity contribution in [2.24, 2.45) is 5.73 Å². The third-order valence-corrected chi connectivity index (χ3v) is 2.37. The van der Waals surface area contributed by atoms with Gasteiger partial charge in [0.05, 0.1) is 6.54 Å². The molecule has 0 fully saturated rings. The molecule has 0 aliphatic heterocycles. The standard InChI is InChI=1S/C12H12N2O2/c1-8-4-5-14-7-10(8)12(15)11-3-2-9(6-13)16-11/h2-5,7H,6,13H2,1H3. The van der Waals surface area contributed by atoms with E-state index in [0.29, 0.717) is 23.6 Å². The average Bonchev–Trinajstić information content (AvgIpc) is 2.77. The number of aryl methyl sites for hydroxylation is 1. The molecule has 0 aliphatic rings. The zero-order valence-corrected chi connectivity index (χ0v) is 8.93. The molecule has 2 N–H and O–H groups in total. The van der Waals surface area contributed by atoms with Crippen molar-refractivity contribution < 1.29 is 9.21 Å². The second-order valence-electron chi connectivity index (χ2n) is 3.49. The SMILES string of the molecule is Cc1ccncc1C(=O)c1ccc(CN)o1. The largest absolute Gasteiger partial charge is 0.456 e. The van der Waals surface area contributed by atoms with Crippen molar-refractivity contribution in [1.29, 1.82) is 0 Å². The predicted molar refractivity (Wildman–Crippen MR) is 59.0 cm³/mol. The summed E-state index contributed by atoms with van der Waals surface area (Å²) in [6.45, 7) is 2.15. The van der Waals surface area contributed by atoms with Crippen molar-refractivity contribution in [2.45, 2.75) is 13.5 Å². The van der Waals surface area contributed by atoms with Crippen molar-refractivity contribution in [3.8, 4) is 0 Å². The maximum Gasteiger partial charge on any atom is 0.229 e. The quantitative estimate of drug-likeness (QED) is 0.792. The molecule has 2 aromatic heterocycles. The van der Waals surface area contributed by atoms with Gasteiger partial charge in [-0.3, -0.25) is 9.78 Å². The molecule has 0 amide bonds. The number of aromatic nitrogens is 1. The van der Waals surface area contributed by atoms with Crippen LogP contribution in [-0.2, 0) is 6.54 Å². The summed E-state index contributed by atoms with van der Waals surface area (Å²) in [6.07, 6.45) is 3.20. The number of carbonyl (C=O) groups excluding carboxylic acids is 1. The van der Waals surface area contributed by atoms with Gasteiger partial charge in [-0.1, -0.05) is 0 Å². The molecule has 0 atom stereocenters. The average molecular weight is 216 g/mol. The molecule has 4 heteroatoms. The molecule has 16 heavy (non-hydrogen) atoms. The summed E-state index contributed by atoms with van der Waals surface area (Å²) in [5, 5.41) is 0. The molecule has 0 spiro atoms. The first-order chi connectivity index (χ1) is 7.72. The smallest absolute Gasteiger partial charge is 0.229 e. The van der Waals surface area contributed by atoms with Gasteiger partial charge in [-0.2, -0.15) is 0 Å². The van der Waals surface area contributed by atoms with E-state index >= 15 is 0 Å². The Morgan fingerprint density at radius 3 is 2.88 bits per heavy atom. The molecule has 82 valence electrons. The molecule has 0 unspecified atom stereocenters. The van der Waals surface area contributed by atoms with Gasteiger partial charge in [0.2, 0.25) is 5.78 Å². The van der Waals surface area contributed by atoms with Crippen LogP contribution < -0.4 is 5.73 Å². The highest BCUT2D eigenvalue weighted by Crippen LogP contribution is 2.15. The fraction of sp³-hybridized carbons (Fsp3) is 0.167. The number of hydrogen-bond donors (Lipinski definition) is 1. The third kappa shape index (κ3) is 1.87. The lowest BCUT2D eigenvalue weighted by molar-refractivity contribution is 0.101. The van der Waals surface area contributed by atoms with Crippen LogP contribution in [0.15, 0.2) is 35.0 Å². The highest BCUT2D eigenvalue weighted by atomic mass is 16.3. The molecule has 2 heterocycles. The van der Waals surface area contributed by atoms with E-state index < -0.39 is 0 Å². The van der Waals surface area contributed by atoms with Gasteiger partial charge in [-0.15, -0.1) is 0 Å². The van der Waals surface area contributed by atoms with Gasteiger partial charge in [0.25, 0.3) is 0 Å². The summed E-state index contributed by atoms with van der Waals surface area (Å²) < 4.78 is 5.30. The minimum atomic E-state index is -0.162. The number of nitrogens with two attached hydrogens (primary N) is 1. The van der Waals surface area contributed by atoms with Gasteiger partial charge in [-0.05, 0) is 30.7 Å². The summed E-state index contributed by atoms with van der Waals surface area (Å²) in [6, 6.07) is 5.13. The molecule has 2 aromatic rings. The van der Waals surface area contributed by atoms with Gasteiger partial charge in [0.15, 0.2) is 5.76 Å². The monoisotopic (exact) mass is 216 g/mol. The number of hydrogen-bond acceptors (Lipinski definition) is 4. The maximum absolute atomic E-state index is 12.0. The Hall–Kier alpha value is -1.94. The van der Waals surface area contributed by atoms with Crippen molar-refractivity contribution >= 4 is 5.78 Å². The number of ketones is 1. The molecular formula is C12H12N2O2. The van der Waals surface area contributed by atoms with Crippen LogP contribution in [0.1, 0.15) is 27.4 Å². The minimum absolute atomic E-state index is 0.162. The van der Waals surface area contributed by atoms with Crippen LogP contribution in [0.5, 0.6) is 0 Å². The Balaban J connectivity index is 2.35. The van der Waals surface area contributed by atoms with Gasteiger partial charge < -0.3 is 10.2 Å². The molecule has 0 saturated carbocycles. The van der Waals surface area contributed by atoms with Crippen molar-refractivity contribution in [3.05, 3.63) is 53.2 Å². The number of carbonyl (C=O) groups is 1. The van der Waals surface area contributed by atoms with Crippen molar-refractivity contribution in [3.63, 3.8) is 0 Å². The lowest BCUT2D eigenvalue weighted by atomic mass is 10.1. The Kier molecular flexibility index (Phi) is 2.83. The van der Waals surface area contributed by atoms with E-state index in [4.69, 9.17) is 10.2 Å². The highest BCUT2D eigenvalue weighted by molar-refractivity contribution is 6.07. The van der Waals surface area contributed by atoms with Crippen LogP contribution in [0.4, 0.5) is 0 Å². The molecule has 0 saturated heterocycles. The second kappa shape index (κ2) is 4.28. The molecule has 4 nitrogen and oxygen atoms in total. The van der Waals surface area contributed by atoms with Gasteiger partial charge >= 0.3 is 0 Å². The van der Waals surface area contributed by atoms with E-state index in [1.807, 2.05) is 6.92 Å². The fourth-order valence-electron chi connectivity index (χ4n) is 1.44. The zero-order chi connectivity index (χ0) is 11.5. The van der Waals surface area contributed by atoms with Gasteiger partial charge in [-0.25, -0.2) is 0 Å². The molecule has 0 radical (unpaired) electrons. The normalized spacial score (nSPS) is 10.4. The van der Waals surface area contributed by atoms with E-state index in [1.165, 1.54) is 0 Å². The predicted octanol–water partition coefficient (Wildman–Crippen LogP) is 1.67. The lowest BCUT2D eigenvalue weighted by Crippen LogP contribution is -2.03. The first-order valence-electron chi connectivity index (χ1n) is 4.96. The van der Waals surface area contributed by atoms with E-state index in [9.17, 15) is 4.79 Å². The molecule has 0 aliphatic carbocycles. The van der Waals surface area contributed by atoms with Crippen LogP contribution in [0.3, 0.4) is 0 Å². The Morgan fingerprint density at radius 1 is 1.44 bits per heavy atom. The van der Waals surface area contributed by atoms with Crippen LogP contribution in [0, 0.1) is 6.92 Å². The molecule has 0 aromatic carbocycles. The van der Waals surface area contributed by atoms with Crippen molar-refractivity contribution in [2.75, 3.05) is 0 Å².